The van der Waals surface area contributed by atoms with Crippen LogP contribution in [-0.4, -0.2) is 30.9 Å². The van der Waals surface area contributed by atoms with Gasteiger partial charge < -0.3 is 10.6 Å². The molecule has 1 aromatic rings. The van der Waals surface area contributed by atoms with Crippen molar-refractivity contribution >= 4 is 39.2 Å². The highest BCUT2D eigenvalue weighted by Crippen LogP contribution is 2.30. The fourth-order valence-electron chi connectivity index (χ4n) is 1.61. The van der Waals surface area contributed by atoms with Crippen LogP contribution in [0.1, 0.15) is 12.5 Å². The lowest BCUT2D eigenvalue weighted by molar-refractivity contribution is 0.608. The minimum atomic E-state index is -0.377. The zero-order valence-electron chi connectivity index (χ0n) is 10.6. The minimum Gasteiger partial charge on any atom is -0.384 e. The summed E-state index contributed by atoms with van der Waals surface area (Å²) in [6, 6.07) is 3.55. The molecule has 100 valence electrons. The molecule has 0 bridgehead atoms. The smallest absolute Gasteiger partial charge is 0.161 e. The zero-order chi connectivity index (χ0) is 13.9. The number of rotatable bonds is 5. The maximum atomic E-state index is 14.2. The quantitative estimate of drug-likeness (QED) is 0.643. The van der Waals surface area contributed by atoms with E-state index in [0.29, 0.717) is 11.3 Å². The number of hydrogen-bond acceptors (Lipinski definition) is 3. The van der Waals surface area contributed by atoms with Gasteiger partial charge in [-0.25, -0.2) is 4.39 Å². The molecule has 1 rings (SSSR count). The molecular formula is C12H17BrFN3S. The Morgan fingerprint density at radius 3 is 2.72 bits per heavy atom. The molecule has 3 nitrogen and oxygen atoms in total. The first-order valence-corrected chi connectivity index (χ1v) is 7.63. The average Bonchev–Trinajstić information content (AvgIpc) is 2.31. The standard InChI is InChI=1S/C12H17BrFN3S/c1-7(6-18-3)17(2)9-5-4-8(12(15)16)10(13)11(9)14/h4-5,7H,6H2,1-3H3,(H3,15,16). The lowest BCUT2D eigenvalue weighted by Gasteiger charge is -2.27. The Morgan fingerprint density at radius 1 is 1.61 bits per heavy atom. The minimum absolute atomic E-state index is 0.146. The molecule has 0 heterocycles. The second-order valence-electron chi connectivity index (χ2n) is 4.09. The molecule has 0 fully saturated rings. The number of thioether (sulfide) groups is 1. The van der Waals surface area contributed by atoms with E-state index in [1.807, 2.05) is 25.1 Å². The third-order valence-corrected chi connectivity index (χ3v) is 4.39. The van der Waals surface area contributed by atoms with E-state index in [0.717, 1.165) is 5.75 Å². The van der Waals surface area contributed by atoms with Gasteiger partial charge in [0.2, 0.25) is 0 Å². The van der Waals surface area contributed by atoms with Gasteiger partial charge >= 0.3 is 0 Å². The summed E-state index contributed by atoms with van der Waals surface area (Å²) in [7, 11) is 1.86. The fourth-order valence-corrected chi connectivity index (χ4v) is 2.87. The van der Waals surface area contributed by atoms with Gasteiger partial charge in [-0.05, 0) is 41.2 Å². The number of anilines is 1. The number of benzene rings is 1. The monoisotopic (exact) mass is 333 g/mol. The van der Waals surface area contributed by atoms with E-state index < -0.39 is 0 Å². The van der Waals surface area contributed by atoms with E-state index in [-0.39, 0.29) is 22.2 Å². The molecule has 0 aliphatic heterocycles. The van der Waals surface area contributed by atoms with Gasteiger partial charge in [-0.2, -0.15) is 11.8 Å². The van der Waals surface area contributed by atoms with Gasteiger partial charge in [-0.3, -0.25) is 5.41 Å². The number of halogens is 2. The van der Waals surface area contributed by atoms with E-state index in [1.54, 1.807) is 23.9 Å². The molecule has 1 aromatic carbocycles. The van der Waals surface area contributed by atoms with Crippen LogP contribution in [0, 0.1) is 11.2 Å². The summed E-state index contributed by atoms with van der Waals surface area (Å²) in [4.78, 5) is 1.89. The summed E-state index contributed by atoms with van der Waals surface area (Å²) >= 11 is 4.88. The topological polar surface area (TPSA) is 53.1 Å². The molecule has 0 aliphatic carbocycles. The van der Waals surface area contributed by atoms with Crippen LogP contribution < -0.4 is 10.6 Å². The average molecular weight is 334 g/mol. The Bertz CT molecular complexity index is 453. The van der Waals surface area contributed by atoms with Gasteiger partial charge in [-0.1, -0.05) is 0 Å². The third kappa shape index (κ3) is 3.17. The largest absolute Gasteiger partial charge is 0.384 e. The Balaban J connectivity index is 3.12. The van der Waals surface area contributed by atoms with E-state index in [2.05, 4.69) is 15.9 Å². The molecule has 0 saturated heterocycles. The predicted octanol–water partition coefficient (Wildman–Crippen LogP) is 3.06. The van der Waals surface area contributed by atoms with E-state index in [1.165, 1.54) is 0 Å². The van der Waals surface area contributed by atoms with Gasteiger partial charge in [0.25, 0.3) is 0 Å². The van der Waals surface area contributed by atoms with Crippen molar-refractivity contribution in [3.63, 3.8) is 0 Å². The van der Waals surface area contributed by atoms with Gasteiger partial charge in [0, 0.05) is 24.4 Å². The normalized spacial score (nSPS) is 12.3. The highest BCUT2D eigenvalue weighted by Gasteiger charge is 2.18. The number of amidine groups is 1. The maximum absolute atomic E-state index is 14.2. The predicted molar refractivity (Wildman–Crippen MR) is 81.4 cm³/mol. The van der Waals surface area contributed by atoms with Crippen LogP contribution in [0.3, 0.4) is 0 Å². The lowest BCUT2D eigenvalue weighted by atomic mass is 10.1. The van der Waals surface area contributed by atoms with Gasteiger partial charge in [0.1, 0.15) is 5.84 Å². The summed E-state index contributed by atoms with van der Waals surface area (Å²) in [5, 5.41) is 7.37. The fraction of sp³-hybridized carbons (Fsp3) is 0.417. The molecule has 18 heavy (non-hydrogen) atoms. The summed E-state index contributed by atoms with van der Waals surface area (Å²) in [6.07, 6.45) is 2.02. The Labute approximate surface area is 120 Å². The molecule has 0 aromatic heterocycles. The van der Waals surface area contributed by atoms with Gasteiger partial charge in [-0.15, -0.1) is 0 Å². The number of hydrogen-bond donors (Lipinski definition) is 2. The number of nitrogens with zero attached hydrogens (tertiary/aromatic N) is 1. The van der Waals surface area contributed by atoms with Crippen molar-refractivity contribution < 1.29 is 4.39 Å². The Kier molecular flexibility index (Phi) is 5.47. The number of nitrogen functional groups attached to an aromatic ring is 1. The Hall–Kier alpha value is -0.750. The van der Waals surface area contributed by atoms with Crippen molar-refractivity contribution in [2.24, 2.45) is 5.73 Å². The lowest BCUT2D eigenvalue weighted by Crippen LogP contribution is -2.31. The van der Waals surface area contributed by atoms with Gasteiger partial charge in [0.05, 0.1) is 10.2 Å². The molecule has 0 radical (unpaired) electrons. The third-order valence-electron chi connectivity index (χ3n) is 2.80. The molecule has 0 amide bonds. The molecule has 3 N–H and O–H groups in total. The summed E-state index contributed by atoms with van der Waals surface area (Å²) in [5.41, 5.74) is 6.27. The van der Waals surface area contributed by atoms with Crippen molar-refractivity contribution in [3.8, 4) is 0 Å². The molecule has 6 heteroatoms. The van der Waals surface area contributed by atoms with Crippen LogP contribution in [0.5, 0.6) is 0 Å². The first-order chi connectivity index (χ1) is 8.40. The van der Waals surface area contributed by atoms with Crippen LogP contribution >= 0.6 is 27.7 Å². The van der Waals surface area contributed by atoms with Crippen LogP contribution in [-0.2, 0) is 0 Å². The van der Waals surface area contributed by atoms with Crippen LogP contribution in [0.15, 0.2) is 16.6 Å². The number of nitrogens with two attached hydrogens (primary N) is 1. The van der Waals surface area contributed by atoms with Crippen LogP contribution in [0.25, 0.3) is 0 Å². The maximum Gasteiger partial charge on any atom is 0.161 e. The van der Waals surface area contributed by atoms with E-state index in [4.69, 9.17) is 11.1 Å². The van der Waals surface area contributed by atoms with Crippen molar-refractivity contribution in [2.45, 2.75) is 13.0 Å². The second kappa shape index (κ2) is 6.43. The molecule has 1 unspecified atom stereocenters. The van der Waals surface area contributed by atoms with Crippen molar-refractivity contribution in [3.05, 3.63) is 28.0 Å². The number of nitrogens with one attached hydrogen (secondary N) is 1. The first-order valence-electron chi connectivity index (χ1n) is 5.44. The first kappa shape index (κ1) is 15.3. The van der Waals surface area contributed by atoms with Crippen LogP contribution in [0.2, 0.25) is 0 Å². The highest BCUT2D eigenvalue weighted by molar-refractivity contribution is 9.10. The van der Waals surface area contributed by atoms with Gasteiger partial charge in [0.15, 0.2) is 5.82 Å². The van der Waals surface area contributed by atoms with Crippen molar-refractivity contribution in [1.82, 2.24) is 0 Å². The molecular weight excluding hydrogens is 317 g/mol. The SMILES string of the molecule is CSCC(C)N(C)c1ccc(C(=N)N)c(Br)c1F. The van der Waals surface area contributed by atoms with Crippen molar-refractivity contribution in [1.29, 1.82) is 5.41 Å². The van der Waals surface area contributed by atoms with Crippen LogP contribution in [0.4, 0.5) is 10.1 Å². The molecule has 0 spiro atoms. The zero-order valence-corrected chi connectivity index (χ0v) is 13.0. The molecule has 0 aliphatic rings. The molecule has 1 atom stereocenters. The summed E-state index contributed by atoms with van der Waals surface area (Å²) in [6.45, 7) is 2.04. The Morgan fingerprint density at radius 2 is 2.22 bits per heavy atom. The van der Waals surface area contributed by atoms with Crippen molar-refractivity contribution in [2.75, 3.05) is 24.0 Å². The van der Waals surface area contributed by atoms with E-state index in [9.17, 15) is 4.39 Å². The van der Waals surface area contributed by atoms with E-state index >= 15 is 0 Å². The summed E-state index contributed by atoms with van der Waals surface area (Å²) < 4.78 is 14.5. The second-order valence-corrected chi connectivity index (χ2v) is 5.79. The summed E-state index contributed by atoms with van der Waals surface area (Å²) in [5.74, 6) is 0.396. The molecule has 0 saturated carbocycles. The highest BCUT2D eigenvalue weighted by atomic mass is 79.9.